The largest absolute Gasteiger partial charge is 0.358 e. The van der Waals surface area contributed by atoms with Crippen molar-refractivity contribution < 1.29 is 4.79 Å². The molecule has 1 fully saturated rings. The highest BCUT2D eigenvalue weighted by atomic mass is 35.5. The fourth-order valence-corrected chi connectivity index (χ4v) is 4.46. The molecule has 0 bridgehead atoms. The van der Waals surface area contributed by atoms with Crippen molar-refractivity contribution in [3.05, 3.63) is 95.0 Å². The van der Waals surface area contributed by atoms with Crippen LogP contribution in [0, 0.1) is 0 Å². The monoisotopic (exact) mass is 433 g/mol. The lowest BCUT2D eigenvalue weighted by Gasteiger charge is -2.23. The fourth-order valence-electron chi connectivity index (χ4n) is 4.24. The van der Waals surface area contributed by atoms with Gasteiger partial charge < -0.3 is 10.6 Å². The molecule has 3 aromatic rings. The number of amides is 1. The van der Waals surface area contributed by atoms with E-state index in [1.807, 2.05) is 24.3 Å². The predicted molar refractivity (Wildman–Crippen MR) is 127 cm³/mol. The molecule has 0 aliphatic carbocycles. The first-order valence-electron chi connectivity index (χ1n) is 10.7. The van der Waals surface area contributed by atoms with Crippen molar-refractivity contribution in [3.8, 4) is 11.1 Å². The number of likely N-dealkylation sites (N-methyl/N-ethyl adjacent to an activating group) is 1. The standard InChI is InChI=1S/C26H28ClN3O/c1-28-26(31)25-15-24(18-30(25)17-20-6-5-9-23(27)14-20)29-16-19-10-12-22(13-11-19)21-7-3-2-4-8-21/h2-14,24-25,29H,15-18H2,1H3,(H,28,31)/t24-,25+/m1/s1. The van der Waals surface area contributed by atoms with Crippen molar-refractivity contribution in [2.24, 2.45) is 0 Å². The second-order valence-electron chi connectivity index (χ2n) is 8.07. The summed E-state index contributed by atoms with van der Waals surface area (Å²) in [5, 5.41) is 7.19. The molecule has 2 N–H and O–H groups in total. The van der Waals surface area contributed by atoms with Crippen LogP contribution in [-0.2, 0) is 17.9 Å². The summed E-state index contributed by atoms with van der Waals surface area (Å²) in [4.78, 5) is 14.7. The third kappa shape index (κ3) is 5.53. The van der Waals surface area contributed by atoms with E-state index in [1.165, 1.54) is 16.7 Å². The SMILES string of the molecule is CNC(=O)[C@@H]1C[C@@H](NCc2ccc(-c3ccccc3)cc2)CN1Cc1cccc(Cl)c1. The average molecular weight is 434 g/mol. The fraction of sp³-hybridized carbons (Fsp3) is 0.269. The van der Waals surface area contributed by atoms with E-state index in [2.05, 4.69) is 70.1 Å². The summed E-state index contributed by atoms with van der Waals surface area (Å²) in [6, 6.07) is 27.1. The zero-order valence-electron chi connectivity index (χ0n) is 17.7. The minimum atomic E-state index is -0.137. The first-order chi connectivity index (χ1) is 15.1. The van der Waals surface area contributed by atoms with Crippen LogP contribution >= 0.6 is 11.6 Å². The summed E-state index contributed by atoms with van der Waals surface area (Å²) in [6.07, 6.45) is 0.794. The van der Waals surface area contributed by atoms with E-state index in [9.17, 15) is 4.79 Å². The van der Waals surface area contributed by atoms with E-state index in [0.29, 0.717) is 6.54 Å². The highest BCUT2D eigenvalue weighted by Crippen LogP contribution is 2.23. The van der Waals surface area contributed by atoms with E-state index < -0.39 is 0 Å². The van der Waals surface area contributed by atoms with Gasteiger partial charge in [0.25, 0.3) is 0 Å². The van der Waals surface area contributed by atoms with Crippen LogP contribution in [-0.4, -0.2) is 36.5 Å². The predicted octanol–water partition coefficient (Wildman–Crippen LogP) is 4.49. The number of halogens is 1. The van der Waals surface area contributed by atoms with Crippen LogP contribution in [0.5, 0.6) is 0 Å². The number of hydrogen-bond acceptors (Lipinski definition) is 3. The molecular weight excluding hydrogens is 406 g/mol. The minimum Gasteiger partial charge on any atom is -0.358 e. The Balaban J connectivity index is 1.37. The first-order valence-corrected chi connectivity index (χ1v) is 11.1. The summed E-state index contributed by atoms with van der Waals surface area (Å²) in [6.45, 7) is 2.32. The number of rotatable bonds is 7. The lowest BCUT2D eigenvalue weighted by atomic mass is 10.0. The van der Waals surface area contributed by atoms with Crippen molar-refractivity contribution in [2.75, 3.05) is 13.6 Å². The van der Waals surface area contributed by atoms with Gasteiger partial charge in [-0.15, -0.1) is 0 Å². The second-order valence-corrected chi connectivity index (χ2v) is 8.50. The molecule has 0 aromatic heterocycles. The van der Waals surface area contributed by atoms with Crippen LogP contribution in [0.1, 0.15) is 17.5 Å². The molecule has 0 spiro atoms. The lowest BCUT2D eigenvalue weighted by Crippen LogP contribution is -2.41. The molecule has 4 nitrogen and oxygen atoms in total. The maximum absolute atomic E-state index is 12.5. The van der Waals surface area contributed by atoms with Crippen molar-refractivity contribution >= 4 is 17.5 Å². The number of carbonyl (C=O) groups is 1. The Labute approximate surface area is 189 Å². The third-order valence-corrected chi connectivity index (χ3v) is 6.12. The van der Waals surface area contributed by atoms with Crippen LogP contribution < -0.4 is 10.6 Å². The number of likely N-dealkylation sites (tertiary alicyclic amines) is 1. The molecule has 1 heterocycles. The van der Waals surface area contributed by atoms with Gasteiger partial charge in [-0.25, -0.2) is 0 Å². The number of carbonyl (C=O) groups excluding carboxylic acids is 1. The van der Waals surface area contributed by atoms with Crippen molar-refractivity contribution in [1.82, 2.24) is 15.5 Å². The van der Waals surface area contributed by atoms with Gasteiger partial charge in [-0.3, -0.25) is 9.69 Å². The summed E-state index contributed by atoms with van der Waals surface area (Å²) >= 11 is 6.14. The lowest BCUT2D eigenvalue weighted by molar-refractivity contribution is -0.125. The molecular formula is C26H28ClN3O. The highest BCUT2D eigenvalue weighted by molar-refractivity contribution is 6.30. The van der Waals surface area contributed by atoms with Crippen LogP contribution in [0.2, 0.25) is 5.02 Å². The normalized spacial score (nSPS) is 18.8. The van der Waals surface area contributed by atoms with Crippen LogP contribution in [0.3, 0.4) is 0 Å². The smallest absolute Gasteiger partial charge is 0.237 e. The molecule has 1 amide bonds. The molecule has 0 unspecified atom stereocenters. The number of benzene rings is 3. The second kappa shape index (κ2) is 10.1. The number of nitrogens with one attached hydrogen (secondary N) is 2. The maximum Gasteiger partial charge on any atom is 0.237 e. The molecule has 4 rings (SSSR count). The summed E-state index contributed by atoms with van der Waals surface area (Å²) in [5.74, 6) is 0.0681. The first kappa shape index (κ1) is 21.6. The van der Waals surface area contributed by atoms with Gasteiger partial charge in [0.15, 0.2) is 0 Å². The number of nitrogens with zero attached hydrogens (tertiary/aromatic N) is 1. The molecule has 2 atom stereocenters. The van der Waals surface area contributed by atoms with Gasteiger partial charge in [0.1, 0.15) is 0 Å². The summed E-state index contributed by atoms with van der Waals surface area (Å²) in [7, 11) is 1.70. The zero-order valence-corrected chi connectivity index (χ0v) is 18.5. The quantitative estimate of drug-likeness (QED) is 0.577. The van der Waals surface area contributed by atoms with Gasteiger partial charge >= 0.3 is 0 Å². The zero-order chi connectivity index (χ0) is 21.6. The molecule has 0 saturated carbocycles. The average Bonchev–Trinajstić information content (AvgIpc) is 3.20. The highest BCUT2D eigenvalue weighted by Gasteiger charge is 2.36. The van der Waals surface area contributed by atoms with Crippen LogP contribution in [0.4, 0.5) is 0 Å². The van der Waals surface area contributed by atoms with Crippen molar-refractivity contribution in [3.63, 3.8) is 0 Å². The van der Waals surface area contributed by atoms with Crippen molar-refractivity contribution in [2.45, 2.75) is 31.6 Å². The Morgan fingerprint density at radius 3 is 2.42 bits per heavy atom. The Kier molecular flexibility index (Phi) is 7.03. The molecule has 3 aromatic carbocycles. The molecule has 1 aliphatic rings. The van der Waals surface area contributed by atoms with Gasteiger partial charge in [0.05, 0.1) is 6.04 Å². The van der Waals surface area contributed by atoms with Gasteiger partial charge in [-0.05, 0) is 40.8 Å². The Bertz CT molecular complexity index is 1010. The van der Waals surface area contributed by atoms with E-state index in [1.54, 1.807) is 7.05 Å². The maximum atomic E-state index is 12.5. The minimum absolute atomic E-state index is 0.0681. The number of hydrogen-bond donors (Lipinski definition) is 2. The molecule has 1 aliphatic heterocycles. The van der Waals surface area contributed by atoms with Gasteiger partial charge in [0.2, 0.25) is 5.91 Å². The molecule has 31 heavy (non-hydrogen) atoms. The summed E-state index contributed by atoms with van der Waals surface area (Å²) in [5.41, 5.74) is 4.81. The Hall–Kier alpha value is -2.66. The molecule has 160 valence electrons. The van der Waals surface area contributed by atoms with Crippen LogP contribution in [0.25, 0.3) is 11.1 Å². The molecule has 5 heteroatoms. The van der Waals surface area contributed by atoms with E-state index in [-0.39, 0.29) is 18.0 Å². The van der Waals surface area contributed by atoms with Gasteiger partial charge in [0, 0.05) is 37.7 Å². The Morgan fingerprint density at radius 2 is 1.71 bits per heavy atom. The molecule has 0 radical (unpaired) electrons. The van der Waals surface area contributed by atoms with Crippen LogP contribution in [0.15, 0.2) is 78.9 Å². The third-order valence-electron chi connectivity index (χ3n) is 5.88. The van der Waals surface area contributed by atoms with Gasteiger partial charge in [-0.2, -0.15) is 0 Å². The van der Waals surface area contributed by atoms with Crippen molar-refractivity contribution in [1.29, 1.82) is 0 Å². The van der Waals surface area contributed by atoms with E-state index in [0.717, 1.165) is 30.1 Å². The van der Waals surface area contributed by atoms with Gasteiger partial charge in [-0.1, -0.05) is 78.3 Å². The summed E-state index contributed by atoms with van der Waals surface area (Å²) < 4.78 is 0. The van der Waals surface area contributed by atoms with E-state index >= 15 is 0 Å². The molecule has 1 saturated heterocycles. The topological polar surface area (TPSA) is 44.4 Å². The van der Waals surface area contributed by atoms with E-state index in [4.69, 9.17) is 11.6 Å². The Morgan fingerprint density at radius 1 is 0.968 bits per heavy atom.